The summed E-state index contributed by atoms with van der Waals surface area (Å²) in [7, 11) is 3.42. The quantitative estimate of drug-likeness (QED) is 0.0398. The molecule has 7 aliphatic rings. The van der Waals surface area contributed by atoms with E-state index in [-0.39, 0.29) is 84.0 Å². The number of hydrogen-bond acceptors (Lipinski definition) is 19. The van der Waals surface area contributed by atoms with Crippen LogP contribution in [-0.4, -0.2) is 171 Å². The molecule has 5 aliphatic heterocycles. The Morgan fingerprint density at radius 2 is 1.63 bits per heavy atom. The number of esters is 1. The number of aromatic nitrogens is 1. The third-order valence-electron chi connectivity index (χ3n) is 18.2. The minimum absolute atomic E-state index is 0.00645. The van der Waals surface area contributed by atoms with Gasteiger partial charge in [0.1, 0.15) is 40.9 Å². The number of nitrogens with zero attached hydrogens (tertiary/aromatic N) is 5. The number of hydrazone groups is 1. The molecule has 11 rings (SSSR count). The van der Waals surface area contributed by atoms with Crippen molar-refractivity contribution in [2.45, 2.75) is 123 Å². The summed E-state index contributed by atoms with van der Waals surface area (Å²) in [6, 6.07) is 0.308. The van der Waals surface area contributed by atoms with Gasteiger partial charge in [-0.05, 0) is 45.9 Å². The Balaban J connectivity index is 0.000000265. The van der Waals surface area contributed by atoms with Crippen molar-refractivity contribution in [3.05, 3.63) is 91.7 Å². The molecule has 5 bridgehead atoms. The lowest BCUT2D eigenvalue weighted by molar-refractivity contribution is -0.160. The summed E-state index contributed by atoms with van der Waals surface area (Å²) < 4.78 is 53.8. The minimum Gasteiger partial charge on any atom is -0.507 e. The number of rotatable bonds is 7. The second-order valence-corrected chi connectivity index (χ2v) is 24.7. The van der Waals surface area contributed by atoms with E-state index < -0.39 is 124 Å². The van der Waals surface area contributed by atoms with Crippen LogP contribution in [0.15, 0.2) is 58.3 Å². The number of pyridine rings is 1. The number of hydrogen-bond donors (Lipinski definition) is 8. The number of aliphatic hydroxyl groups excluding tert-OH is 2. The summed E-state index contributed by atoms with van der Waals surface area (Å²) in [6.45, 7) is 16.1. The number of anilines is 2. The number of aliphatic hydroxyl groups is 2. The lowest BCUT2D eigenvalue weighted by atomic mass is 9.78. The molecule has 1 amide bonds. The Morgan fingerprint density at radius 3 is 2.23 bits per heavy atom. The number of nitrogens with two attached hydrogens (primary N) is 1. The summed E-state index contributed by atoms with van der Waals surface area (Å²) >= 11 is 6.56. The molecular formula is C62H76ClF2N7O15. The molecule has 87 heavy (non-hydrogen) atoms. The Morgan fingerprint density at radius 1 is 0.966 bits per heavy atom. The number of piperazine rings is 1. The van der Waals surface area contributed by atoms with E-state index in [4.69, 9.17) is 36.3 Å². The van der Waals surface area contributed by atoms with Crippen LogP contribution in [0.3, 0.4) is 0 Å². The lowest BCUT2D eigenvalue weighted by Crippen LogP contribution is -2.46. The number of carbonyl (C=O) groups excluding carboxylic acids is 3. The predicted octanol–water partition coefficient (Wildman–Crippen LogP) is 7.04. The third-order valence-corrected chi connectivity index (χ3v) is 18.6. The molecule has 2 saturated heterocycles. The first-order chi connectivity index (χ1) is 41.0. The lowest BCUT2D eigenvalue weighted by Gasteiger charge is -2.38. The van der Waals surface area contributed by atoms with Gasteiger partial charge in [0.15, 0.2) is 5.75 Å². The van der Waals surface area contributed by atoms with Gasteiger partial charge in [0.05, 0.1) is 80.6 Å². The van der Waals surface area contributed by atoms with E-state index in [0.717, 1.165) is 38.2 Å². The molecule has 470 valence electrons. The van der Waals surface area contributed by atoms with Crippen LogP contribution in [0.5, 0.6) is 23.0 Å². The van der Waals surface area contributed by atoms with Gasteiger partial charge in [-0.15, -0.1) is 0 Å². The summed E-state index contributed by atoms with van der Waals surface area (Å²) in [5.74, 6) is -10.5. The highest BCUT2D eigenvalue weighted by atomic mass is 35.5. The van der Waals surface area contributed by atoms with Gasteiger partial charge in [-0.1, -0.05) is 57.5 Å². The molecule has 4 aromatic rings. The average Bonchev–Trinajstić information content (AvgIpc) is 1.67. The number of carboxylic acids is 1. The van der Waals surface area contributed by atoms with Crippen LogP contribution in [0.25, 0.3) is 21.7 Å². The van der Waals surface area contributed by atoms with Crippen LogP contribution < -0.4 is 26.1 Å². The van der Waals surface area contributed by atoms with Crippen LogP contribution in [0.1, 0.15) is 106 Å². The molecule has 0 radical (unpaired) electrons. The largest absolute Gasteiger partial charge is 0.507 e. The van der Waals surface area contributed by atoms with Crippen molar-refractivity contribution in [3.8, 4) is 23.0 Å². The number of halogens is 3. The first-order valence-corrected chi connectivity index (χ1v) is 29.3. The molecule has 1 aromatic heterocycles. The van der Waals surface area contributed by atoms with E-state index in [0.29, 0.717) is 26.2 Å². The Hall–Kier alpha value is -7.35. The van der Waals surface area contributed by atoms with Crippen LogP contribution in [0.4, 0.5) is 20.2 Å². The SMILES string of the molecule is CO[C@H]1/C=C/O[C@@]2(C)Oc3c(C)c(O)c4c(O)c(c(/C=N/N5CCN(C)CC5)c(O)c4c3C2=O)NC(=O)/C(C)=C\C=C\[C@H](C)[C@H](O)[C@@H](C)[C@@H](O)[C@@H](C)[C@H](OC(C)=O)[C@@H]1C.N[C@@H]1CN(c2c(F)cc3c(=O)c(C(=O)O)cn([C@@H]4C[C@@H]4F)c3c2Cl)CC12CC2. The van der Waals surface area contributed by atoms with Gasteiger partial charge in [-0.3, -0.25) is 24.2 Å². The van der Waals surface area contributed by atoms with E-state index in [1.165, 1.54) is 64.0 Å². The second kappa shape index (κ2) is 24.7. The molecule has 12 atom stereocenters. The number of Topliss-reactive ketones (excluding diaryl/α,β-unsaturated/α-hetero) is 1. The van der Waals surface area contributed by atoms with Gasteiger partial charge in [-0.2, -0.15) is 5.10 Å². The summed E-state index contributed by atoms with van der Waals surface area (Å²) in [5.41, 5.74) is 4.80. The normalized spacial score (nSPS) is 30.6. The average molecular weight is 1230 g/mol. The predicted molar refractivity (Wildman–Crippen MR) is 321 cm³/mol. The number of carboxylic acid groups (broad SMARTS) is 1. The van der Waals surface area contributed by atoms with Gasteiger partial charge < -0.3 is 75.0 Å². The smallest absolute Gasteiger partial charge is 0.341 e. The zero-order valence-corrected chi connectivity index (χ0v) is 50.9. The van der Waals surface area contributed by atoms with E-state index in [9.17, 15) is 59.0 Å². The highest BCUT2D eigenvalue weighted by Gasteiger charge is 2.55. The van der Waals surface area contributed by atoms with Crippen molar-refractivity contribution in [1.29, 1.82) is 0 Å². The van der Waals surface area contributed by atoms with Crippen LogP contribution in [0.2, 0.25) is 5.02 Å². The molecule has 25 heteroatoms. The number of ketones is 1. The van der Waals surface area contributed by atoms with E-state index >= 15 is 4.39 Å². The zero-order valence-electron chi connectivity index (χ0n) is 50.1. The van der Waals surface area contributed by atoms with Crippen molar-refractivity contribution in [2.24, 2.45) is 39.9 Å². The topological polar surface area (TPSA) is 309 Å². The zero-order chi connectivity index (χ0) is 63.6. The number of alkyl halides is 1. The van der Waals surface area contributed by atoms with Crippen LogP contribution in [0, 0.1) is 41.8 Å². The maximum Gasteiger partial charge on any atom is 0.341 e. The number of fused-ring (bicyclic) bond motifs is 15. The molecule has 2 aliphatic carbocycles. The number of ether oxygens (including phenoxy) is 4. The fraction of sp³-hybridized carbons (Fsp3) is 0.516. The van der Waals surface area contributed by atoms with Crippen LogP contribution >= 0.6 is 11.6 Å². The number of likely N-dealkylation sites (N-methyl/N-ethyl adjacent to an activating group) is 1. The number of amides is 1. The number of methoxy groups -OCH3 is 1. The number of allylic oxidation sites excluding steroid dienone is 2. The van der Waals surface area contributed by atoms with Crippen molar-refractivity contribution in [1.82, 2.24) is 14.5 Å². The van der Waals surface area contributed by atoms with Gasteiger partial charge in [0, 0.05) is 124 Å². The molecule has 22 nitrogen and oxygen atoms in total. The van der Waals surface area contributed by atoms with Crippen molar-refractivity contribution >= 4 is 74.5 Å². The van der Waals surface area contributed by atoms with E-state index in [1.807, 2.05) is 7.05 Å². The van der Waals surface area contributed by atoms with Gasteiger partial charge in [-0.25, -0.2) is 13.6 Å². The Labute approximate surface area is 506 Å². The molecular weight excluding hydrogens is 1160 g/mol. The molecule has 1 spiro atoms. The van der Waals surface area contributed by atoms with E-state index in [1.54, 1.807) is 49.8 Å². The number of aromatic carboxylic acids is 1. The highest BCUT2D eigenvalue weighted by Crippen LogP contribution is 2.56. The second-order valence-electron chi connectivity index (χ2n) is 24.3. The fourth-order valence-corrected chi connectivity index (χ4v) is 12.8. The Bertz CT molecular complexity index is 3620. The molecule has 4 fully saturated rings. The van der Waals surface area contributed by atoms with Gasteiger partial charge >= 0.3 is 17.7 Å². The maximum absolute atomic E-state index is 15.0. The number of nitrogens with one attached hydrogen (secondary N) is 1. The molecule has 0 unspecified atom stereocenters. The van der Waals surface area contributed by atoms with E-state index in [2.05, 4.69) is 15.3 Å². The number of phenolic OH excluding ortho intramolecular Hbond substituents is 3. The maximum atomic E-state index is 15.0. The standard InChI is InChI=1S/C43H58N4O12.C19H18ClF2N3O3/c1-21-12-11-13-22(2)42(55)45-33-28(20-44-47-17-15-46(9)16-18-47)37(52)30-31(38(33)53)36(51)26(6)40-32(30)41(54)43(8,59-40)57-19-14-29(56-10)23(3)39(58-27(7)48)25(5)35(50)24(4)34(21)49;20-14-15-8(17(26)9(18(27)28)5-25(15)12-4-10(12)21)3-11(22)16(14)24-6-13(23)19(7-24)1-2-19/h11-14,19-21,23-25,29,34-35,39,49-53H,15-18H2,1-10H3,(H,45,55);3,5,10,12-13H,1-2,4,6-7,23H2,(H,27,28)/b12-11+,19-14+,22-13-,44-20+;/t21-,23+,24+,25+,29-,34-,35+,39+,43-;10-,12+,13+/m00/s1. The highest BCUT2D eigenvalue weighted by molar-refractivity contribution is 6.38. The summed E-state index contributed by atoms with van der Waals surface area (Å²) in [4.78, 5) is 68.5. The third kappa shape index (κ3) is 12.1. The number of phenols is 3. The van der Waals surface area contributed by atoms with Gasteiger partial charge in [0.2, 0.25) is 5.43 Å². The van der Waals surface area contributed by atoms with Crippen molar-refractivity contribution in [3.63, 3.8) is 0 Å². The molecule has 2 saturated carbocycles. The number of carbonyl (C=O) groups is 4. The number of aromatic hydroxyl groups is 3. The molecule has 3 aromatic carbocycles. The van der Waals surface area contributed by atoms with Crippen molar-refractivity contribution < 1.29 is 77.5 Å². The summed E-state index contributed by atoms with van der Waals surface area (Å²) in [6.07, 6.45) is 6.97. The first kappa shape index (κ1) is 64.1. The molecule has 9 N–H and O–H groups in total. The number of benzene rings is 3. The monoisotopic (exact) mass is 1230 g/mol. The van der Waals surface area contributed by atoms with Gasteiger partial charge in [0.25, 0.3) is 11.7 Å². The fourth-order valence-electron chi connectivity index (χ4n) is 12.4. The first-order valence-electron chi connectivity index (χ1n) is 29.0. The van der Waals surface area contributed by atoms with Crippen LogP contribution in [-0.2, 0) is 23.8 Å². The minimum atomic E-state index is -2.04. The molecule has 6 heterocycles. The van der Waals surface area contributed by atoms with Crippen molar-refractivity contribution in [2.75, 3.05) is 63.6 Å². The Kier molecular flexibility index (Phi) is 18.2. The summed E-state index contributed by atoms with van der Waals surface area (Å²) in [5, 5.41) is 76.0.